The fourth-order valence-electron chi connectivity index (χ4n) is 0.976. The molecule has 1 rings (SSSR count). The first-order valence-corrected chi connectivity index (χ1v) is 3.49. The number of phenols is 1. The summed E-state index contributed by atoms with van der Waals surface area (Å²) in [4.78, 5) is 0. The molecule has 0 saturated carbocycles. The van der Waals surface area contributed by atoms with Crippen LogP contribution < -0.4 is 0 Å². The van der Waals surface area contributed by atoms with Crippen LogP contribution in [0.5, 0.6) is 5.75 Å². The van der Waals surface area contributed by atoms with E-state index in [9.17, 15) is 5.11 Å². The average Bonchev–Trinajstić information content (AvgIpc) is 1.88. The molecule has 0 atom stereocenters. The van der Waals surface area contributed by atoms with Gasteiger partial charge in [0.15, 0.2) is 0 Å². The molecule has 0 bridgehead atoms. The Hall–Kier alpha value is 0.656. The Balaban J connectivity index is 0.000001000. The molecule has 0 aliphatic heterocycles. The summed E-state index contributed by atoms with van der Waals surface area (Å²) in [6, 6.07) is 7.44. The van der Waals surface area contributed by atoms with Crippen LogP contribution >= 0.6 is 0 Å². The summed E-state index contributed by atoms with van der Waals surface area (Å²) in [5.41, 5.74) is 1.02. The predicted molar refractivity (Wildman–Crippen MR) is 47.9 cm³/mol. The maximum atomic E-state index is 9.28. The molecular formula is C9H12KO. The molecule has 11 heavy (non-hydrogen) atoms. The summed E-state index contributed by atoms with van der Waals surface area (Å²) < 4.78 is 0. The van der Waals surface area contributed by atoms with Crippen LogP contribution in [0.1, 0.15) is 25.3 Å². The van der Waals surface area contributed by atoms with Gasteiger partial charge in [0.25, 0.3) is 0 Å². The first-order valence-electron chi connectivity index (χ1n) is 3.49. The largest absolute Gasteiger partial charge is 0.508 e. The van der Waals surface area contributed by atoms with Gasteiger partial charge in [-0.15, -0.1) is 0 Å². The smallest absolute Gasteiger partial charge is 0.119 e. The molecule has 0 heterocycles. The molecule has 0 unspecified atom stereocenters. The van der Waals surface area contributed by atoms with E-state index in [-0.39, 0.29) is 51.4 Å². The topological polar surface area (TPSA) is 20.2 Å². The molecule has 0 amide bonds. The zero-order valence-corrected chi connectivity index (χ0v) is 10.5. The summed E-state index contributed by atoms with van der Waals surface area (Å²) in [5.74, 6) is 0.804. The quantitative estimate of drug-likeness (QED) is 0.648. The zero-order valence-electron chi connectivity index (χ0n) is 7.33. The van der Waals surface area contributed by atoms with Crippen LogP contribution in [0.4, 0.5) is 0 Å². The monoisotopic (exact) mass is 175 g/mol. The van der Waals surface area contributed by atoms with Crippen molar-refractivity contribution in [2.45, 2.75) is 19.8 Å². The van der Waals surface area contributed by atoms with Crippen molar-refractivity contribution < 1.29 is 5.11 Å². The molecular weight excluding hydrogens is 163 g/mol. The van der Waals surface area contributed by atoms with Gasteiger partial charge >= 0.3 is 0 Å². The van der Waals surface area contributed by atoms with Crippen molar-refractivity contribution >= 4 is 51.4 Å². The third kappa shape index (κ3) is 3.26. The van der Waals surface area contributed by atoms with E-state index in [4.69, 9.17) is 0 Å². The third-order valence-electron chi connectivity index (χ3n) is 1.56. The van der Waals surface area contributed by atoms with Crippen molar-refractivity contribution in [2.75, 3.05) is 0 Å². The van der Waals surface area contributed by atoms with E-state index in [0.717, 1.165) is 5.56 Å². The summed E-state index contributed by atoms with van der Waals surface area (Å²) in [6.45, 7) is 4.13. The molecule has 1 aromatic carbocycles. The van der Waals surface area contributed by atoms with Gasteiger partial charge in [-0.1, -0.05) is 32.0 Å². The average molecular weight is 175 g/mol. The zero-order chi connectivity index (χ0) is 7.56. The minimum absolute atomic E-state index is 0. The Morgan fingerprint density at radius 1 is 1.18 bits per heavy atom. The van der Waals surface area contributed by atoms with Gasteiger partial charge in [-0.05, 0) is 17.5 Å². The molecule has 1 aromatic rings. The maximum Gasteiger partial charge on any atom is 0.119 e. The Bertz CT molecular complexity index is 221. The second kappa shape index (κ2) is 5.33. The van der Waals surface area contributed by atoms with Gasteiger partial charge < -0.3 is 5.11 Å². The Labute approximate surface area is 110 Å². The van der Waals surface area contributed by atoms with Crippen molar-refractivity contribution in [1.82, 2.24) is 0 Å². The number of phenolic OH excluding ortho intramolecular Hbond substituents is 1. The molecule has 0 saturated heterocycles. The van der Waals surface area contributed by atoms with Crippen LogP contribution in [0, 0.1) is 0 Å². The van der Waals surface area contributed by atoms with Crippen LogP contribution in [-0.2, 0) is 0 Å². The second-order valence-corrected chi connectivity index (χ2v) is 2.71. The second-order valence-electron chi connectivity index (χ2n) is 2.71. The maximum absolute atomic E-state index is 9.28. The van der Waals surface area contributed by atoms with Crippen LogP contribution in [0.15, 0.2) is 24.3 Å². The van der Waals surface area contributed by atoms with Gasteiger partial charge in [0, 0.05) is 51.4 Å². The molecule has 0 aromatic heterocycles. The fraction of sp³-hybridized carbons (Fsp3) is 0.333. The minimum atomic E-state index is 0. The van der Waals surface area contributed by atoms with Gasteiger partial charge in [0.2, 0.25) is 0 Å². The Kier molecular flexibility index (Phi) is 5.65. The molecule has 1 N–H and O–H groups in total. The Morgan fingerprint density at radius 3 is 2.09 bits per heavy atom. The molecule has 0 fully saturated rings. The molecule has 1 radical (unpaired) electrons. The van der Waals surface area contributed by atoms with Gasteiger partial charge in [-0.25, -0.2) is 0 Å². The fourth-order valence-corrected chi connectivity index (χ4v) is 0.976. The molecule has 2 heteroatoms. The van der Waals surface area contributed by atoms with Crippen molar-refractivity contribution in [1.29, 1.82) is 0 Å². The molecule has 0 aliphatic carbocycles. The predicted octanol–water partition coefficient (Wildman–Crippen LogP) is 2.13. The van der Waals surface area contributed by atoms with Gasteiger partial charge in [0.05, 0.1) is 0 Å². The van der Waals surface area contributed by atoms with Crippen molar-refractivity contribution in [3.05, 3.63) is 29.8 Å². The summed E-state index contributed by atoms with van der Waals surface area (Å²) in [6.07, 6.45) is 0. The van der Waals surface area contributed by atoms with Crippen LogP contribution in [-0.4, -0.2) is 56.5 Å². The van der Waals surface area contributed by atoms with Gasteiger partial charge in [-0.3, -0.25) is 0 Å². The normalized spacial score (nSPS) is 9.36. The van der Waals surface area contributed by atoms with E-state index in [1.54, 1.807) is 6.07 Å². The summed E-state index contributed by atoms with van der Waals surface area (Å²) in [7, 11) is 0. The SMILES string of the molecule is CC(C)c1ccccc1O.[K]. The first-order chi connectivity index (χ1) is 4.72. The van der Waals surface area contributed by atoms with Crippen molar-refractivity contribution in [3.63, 3.8) is 0 Å². The van der Waals surface area contributed by atoms with Crippen molar-refractivity contribution in [3.8, 4) is 5.75 Å². The minimum Gasteiger partial charge on any atom is -0.508 e. The van der Waals surface area contributed by atoms with E-state index in [1.165, 1.54) is 0 Å². The van der Waals surface area contributed by atoms with E-state index in [1.807, 2.05) is 18.2 Å². The van der Waals surface area contributed by atoms with E-state index in [0.29, 0.717) is 11.7 Å². The number of hydrogen-bond acceptors (Lipinski definition) is 1. The van der Waals surface area contributed by atoms with Crippen molar-refractivity contribution in [2.24, 2.45) is 0 Å². The number of rotatable bonds is 1. The summed E-state index contributed by atoms with van der Waals surface area (Å²) >= 11 is 0. The van der Waals surface area contributed by atoms with E-state index in [2.05, 4.69) is 13.8 Å². The standard InChI is InChI=1S/C9H12O.K/c1-7(2)8-5-3-4-6-9(8)10;/h3-7,10H,1-2H3;. The number of aromatic hydroxyl groups is 1. The van der Waals surface area contributed by atoms with Crippen LogP contribution in [0.2, 0.25) is 0 Å². The molecule has 0 spiro atoms. The van der Waals surface area contributed by atoms with E-state index < -0.39 is 0 Å². The van der Waals surface area contributed by atoms with E-state index >= 15 is 0 Å². The number of para-hydroxylation sites is 1. The first kappa shape index (κ1) is 11.7. The number of benzene rings is 1. The molecule has 0 aliphatic rings. The van der Waals surface area contributed by atoms with Crippen LogP contribution in [0.25, 0.3) is 0 Å². The third-order valence-corrected chi connectivity index (χ3v) is 1.56. The number of hydrogen-bond donors (Lipinski definition) is 1. The molecule has 1 nitrogen and oxygen atoms in total. The molecule has 55 valence electrons. The Morgan fingerprint density at radius 2 is 1.73 bits per heavy atom. The van der Waals surface area contributed by atoms with Gasteiger partial charge in [-0.2, -0.15) is 0 Å². The van der Waals surface area contributed by atoms with Gasteiger partial charge in [0.1, 0.15) is 5.75 Å². The van der Waals surface area contributed by atoms with Crippen LogP contribution in [0.3, 0.4) is 0 Å². The summed E-state index contributed by atoms with van der Waals surface area (Å²) in [5, 5.41) is 9.28.